The van der Waals surface area contributed by atoms with Crippen molar-refractivity contribution >= 4 is 34.0 Å². The fourth-order valence-electron chi connectivity index (χ4n) is 3.68. The molecule has 6 nitrogen and oxygen atoms in total. The molecule has 2 aromatic heterocycles. The third kappa shape index (κ3) is 4.60. The number of hydrogen-bond donors (Lipinski definition) is 0. The molecule has 4 rings (SSSR count). The van der Waals surface area contributed by atoms with Crippen LogP contribution < -0.4 is 4.90 Å². The number of para-hydroxylation sites is 1. The van der Waals surface area contributed by atoms with Crippen LogP contribution in [0.3, 0.4) is 0 Å². The van der Waals surface area contributed by atoms with Gasteiger partial charge in [-0.15, -0.1) is 11.3 Å². The summed E-state index contributed by atoms with van der Waals surface area (Å²) in [6.07, 6.45) is 0. The molecule has 4 aromatic rings. The average Bonchev–Trinajstić information content (AvgIpc) is 3.38. The van der Waals surface area contributed by atoms with Gasteiger partial charge in [-0.2, -0.15) is 0 Å². The number of aromatic nitrogens is 2. The van der Waals surface area contributed by atoms with E-state index in [4.69, 9.17) is 4.74 Å². The van der Waals surface area contributed by atoms with Gasteiger partial charge in [0.25, 0.3) is 0 Å². The van der Waals surface area contributed by atoms with E-state index in [0.717, 1.165) is 22.7 Å². The van der Waals surface area contributed by atoms with Crippen LogP contribution in [0, 0.1) is 25.5 Å². The van der Waals surface area contributed by atoms with Crippen LogP contribution in [0.25, 0.3) is 5.69 Å². The standard InChI is InChI=1S/C25H21F2N3O3S/c1-15-12-21(16(2)29(15)20-10-8-18(26)9-11-20)24(32)33-13-19-14-34-25(28-19)30(17(3)31)23-7-5-4-6-22(23)27/h4-12,14H,13H2,1-3H3. The van der Waals surface area contributed by atoms with Crippen LogP contribution in [0.2, 0.25) is 0 Å². The van der Waals surface area contributed by atoms with Gasteiger partial charge in [0.2, 0.25) is 5.91 Å². The summed E-state index contributed by atoms with van der Waals surface area (Å²) < 4.78 is 34.8. The SMILES string of the molecule is CC(=O)N(c1nc(COC(=O)c2cc(C)n(-c3ccc(F)cc3)c2C)cs1)c1ccccc1F. The summed E-state index contributed by atoms with van der Waals surface area (Å²) in [5.41, 5.74) is 3.11. The van der Waals surface area contributed by atoms with E-state index in [0.29, 0.717) is 17.0 Å². The van der Waals surface area contributed by atoms with Crippen molar-refractivity contribution in [2.45, 2.75) is 27.4 Å². The van der Waals surface area contributed by atoms with Gasteiger partial charge in [-0.1, -0.05) is 12.1 Å². The van der Waals surface area contributed by atoms with E-state index in [1.807, 2.05) is 11.5 Å². The minimum absolute atomic E-state index is 0.0983. The van der Waals surface area contributed by atoms with E-state index >= 15 is 0 Å². The molecule has 0 aliphatic rings. The molecule has 2 aromatic carbocycles. The van der Waals surface area contributed by atoms with Crippen LogP contribution >= 0.6 is 11.3 Å². The number of carbonyl (C=O) groups is 2. The maximum Gasteiger partial charge on any atom is 0.340 e. The first-order chi connectivity index (χ1) is 16.3. The van der Waals surface area contributed by atoms with Gasteiger partial charge >= 0.3 is 5.97 Å². The molecule has 0 saturated carbocycles. The van der Waals surface area contributed by atoms with Crippen molar-refractivity contribution in [2.75, 3.05) is 4.90 Å². The molecule has 9 heteroatoms. The lowest BCUT2D eigenvalue weighted by atomic mass is 10.2. The van der Waals surface area contributed by atoms with Crippen LogP contribution in [-0.2, 0) is 16.1 Å². The van der Waals surface area contributed by atoms with Crippen molar-refractivity contribution in [1.82, 2.24) is 9.55 Å². The Balaban J connectivity index is 1.50. The Bertz CT molecular complexity index is 1360. The Morgan fingerprint density at radius 2 is 1.79 bits per heavy atom. The molecule has 0 radical (unpaired) electrons. The van der Waals surface area contributed by atoms with Crippen molar-refractivity contribution in [1.29, 1.82) is 0 Å². The molecule has 2 heterocycles. The second-order valence-electron chi connectivity index (χ2n) is 7.60. The zero-order chi connectivity index (χ0) is 24.4. The number of anilines is 2. The Labute approximate surface area is 199 Å². The molecule has 174 valence electrons. The average molecular weight is 482 g/mol. The quantitative estimate of drug-likeness (QED) is 0.323. The van der Waals surface area contributed by atoms with Gasteiger partial charge in [0.15, 0.2) is 5.13 Å². The van der Waals surface area contributed by atoms with E-state index in [-0.39, 0.29) is 23.2 Å². The van der Waals surface area contributed by atoms with Crippen LogP contribution in [0.4, 0.5) is 19.6 Å². The van der Waals surface area contributed by atoms with Gasteiger partial charge in [0.05, 0.1) is 16.9 Å². The van der Waals surface area contributed by atoms with E-state index in [1.54, 1.807) is 36.6 Å². The maximum absolute atomic E-state index is 14.2. The lowest BCUT2D eigenvalue weighted by Crippen LogP contribution is -2.23. The summed E-state index contributed by atoms with van der Waals surface area (Å²) in [6, 6.07) is 13.6. The largest absolute Gasteiger partial charge is 0.455 e. The number of amides is 1. The minimum Gasteiger partial charge on any atom is -0.455 e. The Kier molecular flexibility index (Phi) is 6.56. The van der Waals surface area contributed by atoms with Crippen molar-refractivity contribution in [3.8, 4) is 5.69 Å². The lowest BCUT2D eigenvalue weighted by molar-refractivity contribution is -0.115. The molecule has 0 N–H and O–H groups in total. The molecule has 0 bridgehead atoms. The maximum atomic E-state index is 14.2. The van der Waals surface area contributed by atoms with Crippen LogP contribution in [0.5, 0.6) is 0 Å². The number of benzene rings is 2. The number of carbonyl (C=O) groups excluding carboxylic acids is 2. The summed E-state index contributed by atoms with van der Waals surface area (Å²) in [6.45, 7) is 4.84. The number of thiazole rings is 1. The van der Waals surface area contributed by atoms with E-state index < -0.39 is 17.7 Å². The molecule has 0 aliphatic carbocycles. The minimum atomic E-state index is -0.544. The molecule has 0 atom stereocenters. The number of nitrogens with zero attached hydrogens (tertiary/aromatic N) is 3. The molecule has 0 saturated heterocycles. The molecular formula is C25H21F2N3O3S. The second kappa shape index (κ2) is 9.56. The zero-order valence-electron chi connectivity index (χ0n) is 18.7. The van der Waals surface area contributed by atoms with Crippen molar-refractivity contribution in [3.63, 3.8) is 0 Å². The molecule has 0 unspecified atom stereocenters. The fraction of sp³-hybridized carbons (Fsp3) is 0.160. The third-order valence-electron chi connectivity index (χ3n) is 5.23. The highest BCUT2D eigenvalue weighted by Crippen LogP contribution is 2.31. The predicted molar refractivity (Wildman–Crippen MR) is 126 cm³/mol. The smallest absolute Gasteiger partial charge is 0.340 e. The van der Waals surface area contributed by atoms with Gasteiger partial charge in [-0.3, -0.25) is 9.69 Å². The van der Waals surface area contributed by atoms with Gasteiger partial charge in [0.1, 0.15) is 18.2 Å². The topological polar surface area (TPSA) is 64.4 Å². The summed E-state index contributed by atoms with van der Waals surface area (Å²) in [5.74, 6) is -1.81. The third-order valence-corrected chi connectivity index (χ3v) is 6.10. The summed E-state index contributed by atoms with van der Waals surface area (Å²) in [4.78, 5) is 30.5. The lowest BCUT2D eigenvalue weighted by Gasteiger charge is -2.18. The van der Waals surface area contributed by atoms with Crippen LogP contribution in [0.1, 0.15) is 34.4 Å². The Hall–Kier alpha value is -3.85. The second-order valence-corrected chi connectivity index (χ2v) is 8.44. The first-order valence-electron chi connectivity index (χ1n) is 10.4. The first-order valence-corrected chi connectivity index (χ1v) is 11.3. The molecular weight excluding hydrogens is 460 g/mol. The molecule has 0 fully saturated rings. The monoisotopic (exact) mass is 481 g/mol. The van der Waals surface area contributed by atoms with E-state index in [9.17, 15) is 18.4 Å². The number of halogens is 2. The van der Waals surface area contributed by atoms with Gasteiger partial charge in [0, 0.05) is 29.4 Å². The number of aryl methyl sites for hydroxylation is 1. The Morgan fingerprint density at radius 1 is 1.09 bits per heavy atom. The van der Waals surface area contributed by atoms with Gasteiger partial charge < -0.3 is 9.30 Å². The number of rotatable bonds is 6. The number of ether oxygens (including phenoxy) is 1. The number of hydrogen-bond acceptors (Lipinski definition) is 5. The van der Waals surface area contributed by atoms with Crippen molar-refractivity contribution in [2.24, 2.45) is 0 Å². The molecule has 34 heavy (non-hydrogen) atoms. The molecule has 1 amide bonds. The van der Waals surface area contributed by atoms with E-state index in [2.05, 4.69) is 4.98 Å². The zero-order valence-corrected chi connectivity index (χ0v) is 19.5. The summed E-state index contributed by atoms with van der Waals surface area (Å²) in [7, 11) is 0. The normalized spacial score (nSPS) is 10.9. The number of esters is 1. The molecule has 0 spiro atoms. The van der Waals surface area contributed by atoms with Crippen molar-refractivity contribution in [3.05, 3.63) is 94.3 Å². The van der Waals surface area contributed by atoms with E-state index in [1.165, 1.54) is 42.2 Å². The highest BCUT2D eigenvalue weighted by molar-refractivity contribution is 7.14. The Morgan fingerprint density at radius 3 is 2.47 bits per heavy atom. The van der Waals surface area contributed by atoms with Crippen LogP contribution in [0.15, 0.2) is 60.0 Å². The highest BCUT2D eigenvalue weighted by Gasteiger charge is 2.22. The fourth-order valence-corrected chi connectivity index (χ4v) is 4.54. The van der Waals surface area contributed by atoms with Crippen LogP contribution in [-0.4, -0.2) is 21.4 Å². The summed E-state index contributed by atoms with van der Waals surface area (Å²) in [5, 5.41) is 1.93. The predicted octanol–water partition coefficient (Wildman–Crippen LogP) is 5.87. The van der Waals surface area contributed by atoms with Gasteiger partial charge in [-0.25, -0.2) is 18.6 Å². The van der Waals surface area contributed by atoms with Crippen molar-refractivity contribution < 1.29 is 23.1 Å². The highest BCUT2D eigenvalue weighted by atomic mass is 32.1. The summed E-state index contributed by atoms with van der Waals surface area (Å²) >= 11 is 1.15. The first kappa shape index (κ1) is 23.3. The van der Waals surface area contributed by atoms with Gasteiger partial charge in [-0.05, 0) is 56.3 Å². The molecule has 0 aliphatic heterocycles.